The Morgan fingerprint density at radius 2 is 2.06 bits per heavy atom. The fourth-order valence-corrected chi connectivity index (χ4v) is 1.44. The van der Waals surface area contributed by atoms with Gasteiger partial charge < -0.3 is 15.8 Å². The van der Waals surface area contributed by atoms with Gasteiger partial charge in [-0.3, -0.25) is 0 Å². The van der Waals surface area contributed by atoms with Crippen molar-refractivity contribution in [3.8, 4) is 0 Å². The van der Waals surface area contributed by atoms with Gasteiger partial charge in [-0.2, -0.15) is 4.98 Å². The summed E-state index contributed by atoms with van der Waals surface area (Å²) in [4.78, 5) is 8.29. The molecule has 1 heterocycles. The Balaban J connectivity index is 2.57. The second kappa shape index (κ2) is 6.39. The van der Waals surface area contributed by atoms with Gasteiger partial charge >= 0.3 is 0 Å². The quantitative estimate of drug-likeness (QED) is 0.792. The fraction of sp³-hybridized carbons (Fsp3) is 0.667. The van der Waals surface area contributed by atoms with E-state index in [-0.39, 0.29) is 6.10 Å². The number of aryl methyl sites for hydroxylation is 1. The largest absolute Gasteiger partial charge is 0.377 e. The molecule has 0 aromatic carbocycles. The smallest absolute Gasteiger partial charge is 0.222 e. The van der Waals surface area contributed by atoms with E-state index in [2.05, 4.69) is 22.2 Å². The van der Waals surface area contributed by atoms with Crippen LogP contribution in [0.2, 0.25) is 0 Å². The lowest BCUT2D eigenvalue weighted by Gasteiger charge is -2.15. The Morgan fingerprint density at radius 3 is 2.71 bits per heavy atom. The van der Waals surface area contributed by atoms with Crippen molar-refractivity contribution in [1.29, 1.82) is 0 Å². The zero-order valence-corrected chi connectivity index (χ0v) is 11.1. The highest BCUT2D eigenvalue weighted by Crippen LogP contribution is 2.15. The summed E-state index contributed by atoms with van der Waals surface area (Å²) in [6.07, 6.45) is 1.19. The van der Waals surface area contributed by atoms with E-state index >= 15 is 0 Å². The van der Waals surface area contributed by atoms with Gasteiger partial charge in [-0.25, -0.2) is 4.98 Å². The second-order valence-electron chi connectivity index (χ2n) is 4.20. The number of aromatic nitrogens is 2. The van der Waals surface area contributed by atoms with E-state index < -0.39 is 0 Å². The summed E-state index contributed by atoms with van der Waals surface area (Å²) in [5, 5.41) is 3.25. The molecule has 1 aromatic rings. The molecule has 0 spiro atoms. The van der Waals surface area contributed by atoms with Crippen LogP contribution in [-0.4, -0.2) is 29.2 Å². The Morgan fingerprint density at radius 1 is 1.35 bits per heavy atom. The molecule has 0 aliphatic rings. The molecule has 5 nitrogen and oxygen atoms in total. The number of hydrogen-bond acceptors (Lipinski definition) is 5. The van der Waals surface area contributed by atoms with Gasteiger partial charge in [-0.15, -0.1) is 0 Å². The first-order valence-corrected chi connectivity index (χ1v) is 6.00. The molecule has 0 saturated heterocycles. The lowest BCUT2D eigenvalue weighted by Crippen LogP contribution is -2.21. The third kappa shape index (κ3) is 4.19. The first-order chi connectivity index (χ1) is 8.04. The molecule has 0 amide bonds. The standard InChI is InChI=1S/C12H22N4O/c1-5-6-17-8(2)7-14-11-9(3)10(4)15-12(13)16-11/h8H,5-7H2,1-4H3,(H3,13,14,15,16)/t8-/m0/s1. The van der Waals surface area contributed by atoms with E-state index in [1.165, 1.54) is 0 Å². The molecule has 0 aliphatic carbocycles. The van der Waals surface area contributed by atoms with Crippen molar-refractivity contribution in [1.82, 2.24) is 9.97 Å². The maximum atomic E-state index is 5.62. The molecule has 1 aromatic heterocycles. The summed E-state index contributed by atoms with van der Waals surface area (Å²) in [7, 11) is 0. The van der Waals surface area contributed by atoms with E-state index in [9.17, 15) is 0 Å². The third-order valence-corrected chi connectivity index (χ3v) is 2.57. The minimum Gasteiger partial charge on any atom is -0.377 e. The topological polar surface area (TPSA) is 73.1 Å². The highest BCUT2D eigenvalue weighted by molar-refractivity contribution is 5.48. The van der Waals surface area contributed by atoms with Crippen LogP contribution in [0, 0.1) is 13.8 Å². The molecule has 1 rings (SSSR count). The van der Waals surface area contributed by atoms with Crippen LogP contribution in [0.3, 0.4) is 0 Å². The van der Waals surface area contributed by atoms with Crippen molar-refractivity contribution in [2.75, 3.05) is 24.2 Å². The fourth-order valence-electron chi connectivity index (χ4n) is 1.44. The number of nitrogen functional groups attached to an aromatic ring is 1. The molecule has 0 unspecified atom stereocenters. The molecule has 5 heteroatoms. The predicted octanol–water partition coefficient (Wildman–Crippen LogP) is 1.90. The molecular weight excluding hydrogens is 216 g/mol. The van der Waals surface area contributed by atoms with E-state index in [4.69, 9.17) is 10.5 Å². The van der Waals surface area contributed by atoms with E-state index in [0.717, 1.165) is 36.6 Å². The van der Waals surface area contributed by atoms with Crippen molar-refractivity contribution in [3.05, 3.63) is 11.3 Å². The number of nitrogens with two attached hydrogens (primary N) is 1. The third-order valence-electron chi connectivity index (χ3n) is 2.57. The van der Waals surface area contributed by atoms with E-state index in [1.54, 1.807) is 0 Å². The van der Waals surface area contributed by atoms with Crippen LogP contribution in [0.15, 0.2) is 0 Å². The van der Waals surface area contributed by atoms with E-state index in [1.807, 2.05) is 20.8 Å². The molecule has 17 heavy (non-hydrogen) atoms. The number of rotatable bonds is 6. The Hall–Kier alpha value is -1.36. The molecule has 96 valence electrons. The van der Waals surface area contributed by atoms with Crippen LogP contribution in [0.5, 0.6) is 0 Å². The van der Waals surface area contributed by atoms with Crippen LogP contribution in [-0.2, 0) is 4.74 Å². The van der Waals surface area contributed by atoms with Crippen LogP contribution >= 0.6 is 0 Å². The Bertz CT molecular complexity index is 368. The lowest BCUT2D eigenvalue weighted by molar-refractivity contribution is 0.0752. The van der Waals surface area contributed by atoms with Gasteiger partial charge in [-0.1, -0.05) is 6.92 Å². The minimum atomic E-state index is 0.158. The van der Waals surface area contributed by atoms with Crippen molar-refractivity contribution in [2.45, 2.75) is 40.2 Å². The highest BCUT2D eigenvalue weighted by Gasteiger charge is 2.07. The highest BCUT2D eigenvalue weighted by atomic mass is 16.5. The average Bonchev–Trinajstić information content (AvgIpc) is 2.29. The van der Waals surface area contributed by atoms with Crippen molar-refractivity contribution < 1.29 is 4.74 Å². The maximum Gasteiger partial charge on any atom is 0.222 e. The molecule has 0 fully saturated rings. The summed E-state index contributed by atoms with van der Waals surface area (Å²) in [5.74, 6) is 1.10. The summed E-state index contributed by atoms with van der Waals surface area (Å²) < 4.78 is 5.58. The van der Waals surface area contributed by atoms with Crippen LogP contribution in [0.25, 0.3) is 0 Å². The Kier molecular flexibility index (Phi) is 5.15. The van der Waals surface area contributed by atoms with E-state index in [0.29, 0.717) is 5.95 Å². The monoisotopic (exact) mass is 238 g/mol. The first kappa shape index (κ1) is 13.7. The molecule has 1 atom stereocenters. The van der Waals surface area contributed by atoms with Gasteiger partial charge in [0.1, 0.15) is 5.82 Å². The second-order valence-corrected chi connectivity index (χ2v) is 4.20. The maximum absolute atomic E-state index is 5.62. The van der Waals surface area contributed by atoms with Gasteiger partial charge in [0.05, 0.1) is 6.10 Å². The minimum absolute atomic E-state index is 0.158. The zero-order valence-electron chi connectivity index (χ0n) is 11.1. The normalized spacial score (nSPS) is 12.5. The number of nitrogens with zero attached hydrogens (tertiary/aromatic N) is 2. The average molecular weight is 238 g/mol. The summed E-state index contributed by atoms with van der Waals surface area (Å²) in [5.41, 5.74) is 7.56. The summed E-state index contributed by atoms with van der Waals surface area (Å²) >= 11 is 0. The number of hydrogen-bond donors (Lipinski definition) is 2. The van der Waals surface area contributed by atoms with Crippen LogP contribution in [0.4, 0.5) is 11.8 Å². The number of ether oxygens (including phenoxy) is 1. The molecular formula is C12H22N4O. The van der Waals surface area contributed by atoms with Gasteiger partial charge in [0.15, 0.2) is 0 Å². The summed E-state index contributed by atoms with van der Waals surface area (Å²) in [6, 6.07) is 0. The van der Waals surface area contributed by atoms with Gasteiger partial charge in [0.2, 0.25) is 5.95 Å². The molecule has 0 bridgehead atoms. The van der Waals surface area contributed by atoms with Crippen molar-refractivity contribution >= 4 is 11.8 Å². The molecule has 3 N–H and O–H groups in total. The Labute approximate surface area is 103 Å². The predicted molar refractivity (Wildman–Crippen MR) is 70.1 cm³/mol. The summed E-state index contributed by atoms with van der Waals surface area (Å²) in [6.45, 7) is 9.54. The van der Waals surface area contributed by atoms with Gasteiger partial charge in [0.25, 0.3) is 0 Å². The number of anilines is 2. The zero-order chi connectivity index (χ0) is 12.8. The number of nitrogens with one attached hydrogen (secondary N) is 1. The van der Waals surface area contributed by atoms with Crippen molar-refractivity contribution in [2.24, 2.45) is 0 Å². The molecule has 0 saturated carbocycles. The lowest BCUT2D eigenvalue weighted by atomic mass is 10.2. The molecule has 0 radical (unpaired) electrons. The first-order valence-electron chi connectivity index (χ1n) is 6.00. The van der Waals surface area contributed by atoms with Crippen LogP contribution in [0.1, 0.15) is 31.5 Å². The van der Waals surface area contributed by atoms with Crippen LogP contribution < -0.4 is 11.1 Å². The van der Waals surface area contributed by atoms with Gasteiger partial charge in [-0.05, 0) is 27.2 Å². The molecule has 0 aliphatic heterocycles. The van der Waals surface area contributed by atoms with Crippen molar-refractivity contribution in [3.63, 3.8) is 0 Å². The van der Waals surface area contributed by atoms with Gasteiger partial charge in [0, 0.05) is 24.4 Å². The SMILES string of the molecule is CCCO[C@@H](C)CNc1nc(N)nc(C)c1C.